The summed E-state index contributed by atoms with van der Waals surface area (Å²) in [4.78, 5) is 31.8. The van der Waals surface area contributed by atoms with Crippen molar-refractivity contribution in [1.29, 1.82) is 0 Å². The molecule has 2 N–H and O–H groups in total. The molecule has 2 amide bonds. The Morgan fingerprint density at radius 3 is 2.64 bits per heavy atom. The maximum Gasteiger partial charge on any atom is 0.317 e. The van der Waals surface area contributed by atoms with E-state index in [-0.39, 0.29) is 6.03 Å². The Hall–Kier alpha value is -3.20. The third-order valence-corrected chi connectivity index (χ3v) is 8.31. The lowest BCUT2D eigenvalue weighted by atomic mass is 9.95. The van der Waals surface area contributed by atoms with Crippen LogP contribution in [0.15, 0.2) is 42.7 Å². The van der Waals surface area contributed by atoms with E-state index in [1.807, 2.05) is 48.4 Å². The standard InChI is InChI=1S/C27H35N7OS/c1-19-11-14-28-25(17-19)32-24-10-6-9-22(31-24)23-18-29-27(36-23)33(2)21-12-15-34(16-13-21)26(35)30-20-7-4-3-5-8-20/h6,9-11,14,17-18,20-21H,3-5,7-8,12-13,15-16H2,1-2H3,(H,30,35)(H,28,31,32). The summed E-state index contributed by atoms with van der Waals surface area (Å²) in [6.45, 7) is 3.62. The van der Waals surface area contributed by atoms with Crippen LogP contribution in [-0.2, 0) is 0 Å². The van der Waals surface area contributed by atoms with E-state index in [0.29, 0.717) is 12.1 Å². The van der Waals surface area contributed by atoms with E-state index in [2.05, 4.69) is 27.6 Å². The van der Waals surface area contributed by atoms with Crippen molar-refractivity contribution in [3.63, 3.8) is 0 Å². The summed E-state index contributed by atoms with van der Waals surface area (Å²) >= 11 is 1.65. The van der Waals surface area contributed by atoms with Gasteiger partial charge in [0.1, 0.15) is 11.6 Å². The van der Waals surface area contributed by atoms with E-state index in [4.69, 9.17) is 9.97 Å². The molecule has 5 rings (SSSR count). The number of anilines is 3. The second kappa shape index (κ2) is 11.2. The van der Waals surface area contributed by atoms with Crippen LogP contribution in [0.5, 0.6) is 0 Å². The van der Waals surface area contributed by atoms with Crippen LogP contribution in [0.25, 0.3) is 10.6 Å². The summed E-state index contributed by atoms with van der Waals surface area (Å²) in [6, 6.07) is 10.8. The van der Waals surface area contributed by atoms with Crippen molar-refractivity contribution in [2.45, 2.75) is 64.0 Å². The summed E-state index contributed by atoms with van der Waals surface area (Å²) in [5.74, 6) is 1.54. The molecule has 0 radical (unpaired) electrons. The minimum Gasteiger partial charge on any atom is -0.348 e. The van der Waals surface area contributed by atoms with Crippen LogP contribution in [0.4, 0.5) is 21.6 Å². The van der Waals surface area contributed by atoms with E-state index in [9.17, 15) is 4.79 Å². The third-order valence-electron chi connectivity index (χ3n) is 7.20. The molecular formula is C27H35N7OS. The number of nitrogens with zero attached hydrogens (tertiary/aromatic N) is 5. The van der Waals surface area contributed by atoms with Gasteiger partial charge in [-0.3, -0.25) is 0 Å². The highest BCUT2D eigenvalue weighted by molar-refractivity contribution is 7.18. The number of hydrogen-bond acceptors (Lipinski definition) is 7. The molecule has 4 heterocycles. The number of piperidine rings is 1. The molecule has 2 fully saturated rings. The normalized spacial score (nSPS) is 17.1. The van der Waals surface area contributed by atoms with E-state index in [1.165, 1.54) is 19.3 Å². The van der Waals surface area contributed by atoms with Gasteiger partial charge in [-0.25, -0.2) is 19.7 Å². The largest absolute Gasteiger partial charge is 0.348 e. The van der Waals surface area contributed by atoms with Gasteiger partial charge in [-0.05, 0) is 62.4 Å². The number of thiazole rings is 1. The molecule has 9 heteroatoms. The first kappa shape index (κ1) is 24.5. The van der Waals surface area contributed by atoms with Crippen LogP contribution in [0.3, 0.4) is 0 Å². The highest BCUT2D eigenvalue weighted by Crippen LogP contribution is 2.32. The van der Waals surface area contributed by atoms with Gasteiger partial charge in [-0.2, -0.15) is 0 Å². The Morgan fingerprint density at radius 2 is 1.86 bits per heavy atom. The molecule has 0 bridgehead atoms. The van der Waals surface area contributed by atoms with E-state index < -0.39 is 0 Å². The summed E-state index contributed by atoms with van der Waals surface area (Å²) in [5.41, 5.74) is 2.04. The topological polar surface area (TPSA) is 86.3 Å². The van der Waals surface area contributed by atoms with Crippen LogP contribution in [0, 0.1) is 6.92 Å². The van der Waals surface area contributed by atoms with Crippen molar-refractivity contribution < 1.29 is 4.79 Å². The monoisotopic (exact) mass is 505 g/mol. The Kier molecular flexibility index (Phi) is 7.65. The molecule has 0 unspecified atom stereocenters. The number of rotatable bonds is 6. The summed E-state index contributed by atoms with van der Waals surface area (Å²) in [6.07, 6.45) is 11.6. The molecule has 1 saturated carbocycles. The predicted octanol–water partition coefficient (Wildman–Crippen LogP) is 5.60. The van der Waals surface area contributed by atoms with Crippen molar-refractivity contribution >= 4 is 34.1 Å². The van der Waals surface area contributed by atoms with Gasteiger partial charge in [-0.15, -0.1) is 0 Å². The number of aromatic nitrogens is 3. The summed E-state index contributed by atoms with van der Waals surface area (Å²) in [7, 11) is 2.11. The lowest BCUT2D eigenvalue weighted by Gasteiger charge is -2.37. The molecule has 190 valence electrons. The molecule has 1 aliphatic heterocycles. The van der Waals surface area contributed by atoms with E-state index in [0.717, 1.165) is 71.7 Å². The molecule has 2 aliphatic rings. The lowest BCUT2D eigenvalue weighted by Crippen LogP contribution is -2.51. The van der Waals surface area contributed by atoms with Gasteiger partial charge >= 0.3 is 6.03 Å². The number of nitrogens with one attached hydrogen (secondary N) is 2. The van der Waals surface area contributed by atoms with Crippen molar-refractivity contribution in [2.24, 2.45) is 0 Å². The first-order chi connectivity index (χ1) is 17.5. The first-order valence-electron chi connectivity index (χ1n) is 13.0. The summed E-state index contributed by atoms with van der Waals surface area (Å²) < 4.78 is 0. The van der Waals surface area contributed by atoms with Gasteiger partial charge in [0, 0.05) is 44.6 Å². The Labute approximate surface area is 217 Å². The molecular weight excluding hydrogens is 470 g/mol. The van der Waals surface area contributed by atoms with Gasteiger partial charge in [0.15, 0.2) is 5.13 Å². The number of hydrogen-bond donors (Lipinski definition) is 2. The smallest absolute Gasteiger partial charge is 0.317 e. The Balaban J connectivity index is 1.17. The Morgan fingerprint density at radius 1 is 1.06 bits per heavy atom. The van der Waals surface area contributed by atoms with Gasteiger partial charge in [-0.1, -0.05) is 36.7 Å². The summed E-state index contributed by atoms with van der Waals surface area (Å²) in [5, 5.41) is 7.53. The molecule has 1 saturated heterocycles. The van der Waals surface area contributed by atoms with Gasteiger partial charge in [0.05, 0.1) is 10.6 Å². The van der Waals surface area contributed by atoms with Crippen molar-refractivity contribution in [2.75, 3.05) is 30.4 Å². The number of likely N-dealkylation sites (tertiary alicyclic amines) is 1. The minimum absolute atomic E-state index is 0.111. The number of urea groups is 1. The zero-order valence-electron chi connectivity index (χ0n) is 21.1. The zero-order valence-corrected chi connectivity index (χ0v) is 21.9. The van der Waals surface area contributed by atoms with E-state index in [1.54, 1.807) is 17.5 Å². The number of pyridine rings is 2. The van der Waals surface area contributed by atoms with Crippen molar-refractivity contribution in [3.8, 4) is 10.6 Å². The SMILES string of the molecule is Cc1ccnc(Nc2cccc(-c3cnc(N(C)C4CCN(C(=O)NC5CCCCC5)CC4)s3)n2)c1. The highest BCUT2D eigenvalue weighted by atomic mass is 32.1. The average molecular weight is 506 g/mol. The van der Waals surface area contributed by atoms with E-state index >= 15 is 0 Å². The maximum atomic E-state index is 12.7. The number of amides is 2. The number of aryl methyl sites for hydroxylation is 1. The van der Waals surface area contributed by atoms with Crippen LogP contribution < -0.4 is 15.5 Å². The number of carbonyl (C=O) groups excluding carboxylic acids is 1. The second-order valence-electron chi connectivity index (χ2n) is 9.87. The molecule has 1 aliphatic carbocycles. The molecule has 3 aromatic heterocycles. The molecule has 8 nitrogen and oxygen atoms in total. The zero-order chi connectivity index (χ0) is 24.9. The fraction of sp³-hybridized carbons (Fsp3) is 0.481. The highest BCUT2D eigenvalue weighted by Gasteiger charge is 2.28. The fourth-order valence-corrected chi connectivity index (χ4v) is 5.97. The maximum absolute atomic E-state index is 12.7. The van der Waals surface area contributed by atoms with Gasteiger partial charge < -0.3 is 20.4 Å². The fourth-order valence-electron chi connectivity index (χ4n) is 5.05. The Bertz CT molecular complexity index is 1170. The lowest BCUT2D eigenvalue weighted by molar-refractivity contribution is 0.174. The van der Waals surface area contributed by atoms with Crippen LogP contribution in [-0.4, -0.2) is 58.1 Å². The second-order valence-corrected chi connectivity index (χ2v) is 10.9. The van der Waals surface area contributed by atoms with Crippen molar-refractivity contribution in [1.82, 2.24) is 25.2 Å². The van der Waals surface area contributed by atoms with Crippen molar-refractivity contribution in [3.05, 3.63) is 48.3 Å². The van der Waals surface area contributed by atoms with Gasteiger partial charge in [0.2, 0.25) is 0 Å². The molecule has 3 aromatic rings. The molecule has 0 spiro atoms. The average Bonchev–Trinajstić information content (AvgIpc) is 3.40. The van der Waals surface area contributed by atoms with Crippen LogP contribution >= 0.6 is 11.3 Å². The minimum atomic E-state index is 0.111. The third kappa shape index (κ3) is 5.95. The molecule has 0 atom stereocenters. The predicted molar refractivity (Wildman–Crippen MR) is 146 cm³/mol. The molecule has 0 aromatic carbocycles. The first-order valence-corrected chi connectivity index (χ1v) is 13.8. The van der Waals surface area contributed by atoms with Crippen LogP contribution in [0.2, 0.25) is 0 Å². The van der Waals surface area contributed by atoms with Gasteiger partial charge in [0.25, 0.3) is 0 Å². The molecule has 36 heavy (non-hydrogen) atoms. The quantitative estimate of drug-likeness (QED) is 0.454. The van der Waals surface area contributed by atoms with Crippen LogP contribution in [0.1, 0.15) is 50.5 Å². The number of carbonyl (C=O) groups is 1.